The first-order valence-electron chi connectivity index (χ1n) is 8.83. The standard InChI is InChI=1S/C18H20N4O5S2/c1-4-27-14-8-11(5-6-13(14)23)7-12-15(19)22-17(20-16(12)24)28-21-18(22)29(25,26)9-10(2)3/h5-8,10H,4,9,19H2,1-3H3. The van der Waals surface area contributed by atoms with Crippen molar-refractivity contribution in [3.63, 3.8) is 0 Å². The molecule has 0 spiro atoms. The molecule has 0 fully saturated rings. The van der Waals surface area contributed by atoms with Crippen LogP contribution in [-0.4, -0.2) is 40.3 Å². The zero-order chi connectivity index (χ0) is 21.3. The molecule has 0 unspecified atom stereocenters. The number of ketones is 1. The third kappa shape index (κ3) is 4.15. The molecule has 29 heavy (non-hydrogen) atoms. The molecular formula is C18H20N4O5S2. The fourth-order valence-electron chi connectivity index (χ4n) is 2.79. The van der Waals surface area contributed by atoms with Gasteiger partial charge >= 0.3 is 0 Å². The molecule has 9 nitrogen and oxygen atoms in total. The zero-order valence-corrected chi connectivity index (χ0v) is 17.7. The van der Waals surface area contributed by atoms with Crippen molar-refractivity contribution in [1.82, 2.24) is 13.8 Å². The van der Waals surface area contributed by atoms with E-state index in [4.69, 9.17) is 10.5 Å². The third-order valence-corrected chi connectivity index (χ3v) is 6.69. The maximum atomic E-state index is 12.7. The molecule has 3 rings (SSSR count). The van der Waals surface area contributed by atoms with E-state index in [1.807, 2.05) is 0 Å². The number of nitrogen functional groups attached to an aromatic ring is 1. The maximum absolute atomic E-state index is 12.7. The number of allylic oxidation sites excluding steroid dienone is 4. The Hall–Kier alpha value is -2.79. The van der Waals surface area contributed by atoms with Crippen molar-refractivity contribution in [2.24, 2.45) is 5.92 Å². The van der Waals surface area contributed by atoms with E-state index in [1.54, 1.807) is 20.8 Å². The van der Waals surface area contributed by atoms with E-state index in [-0.39, 0.29) is 44.7 Å². The fourth-order valence-corrected chi connectivity index (χ4v) is 5.54. The molecule has 1 aliphatic rings. The molecule has 0 aliphatic heterocycles. The lowest BCUT2D eigenvalue weighted by Gasteiger charge is -2.11. The van der Waals surface area contributed by atoms with Crippen molar-refractivity contribution < 1.29 is 17.9 Å². The Kier molecular flexibility index (Phi) is 5.71. The number of ether oxygens (including phenoxy) is 1. The summed E-state index contributed by atoms with van der Waals surface area (Å²) >= 11 is 0.790. The lowest BCUT2D eigenvalue weighted by atomic mass is 10.0. The molecule has 0 saturated heterocycles. The number of hydrogen-bond donors (Lipinski definition) is 1. The van der Waals surface area contributed by atoms with Crippen molar-refractivity contribution in [2.75, 3.05) is 18.1 Å². The van der Waals surface area contributed by atoms with Gasteiger partial charge in [0, 0.05) is 11.5 Å². The molecule has 0 atom stereocenters. The van der Waals surface area contributed by atoms with Gasteiger partial charge in [-0.2, -0.15) is 9.36 Å². The molecule has 2 N–H and O–H groups in total. The van der Waals surface area contributed by atoms with Gasteiger partial charge in [-0.1, -0.05) is 19.9 Å². The summed E-state index contributed by atoms with van der Waals surface area (Å²) in [4.78, 5) is 28.3. The first-order chi connectivity index (χ1) is 13.6. The minimum absolute atomic E-state index is 0.00444. The number of anilines is 1. The average Bonchev–Trinajstić information content (AvgIpc) is 3.05. The first kappa shape index (κ1) is 20.9. The number of carbonyl (C=O) groups excluding carboxylic acids is 1. The molecule has 0 amide bonds. The lowest BCUT2D eigenvalue weighted by molar-refractivity contribution is -0.114. The molecule has 2 heterocycles. The van der Waals surface area contributed by atoms with Crippen LogP contribution in [0.3, 0.4) is 0 Å². The van der Waals surface area contributed by atoms with E-state index in [2.05, 4.69) is 9.36 Å². The largest absolute Gasteiger partial charge is 0.490 e. The summed E-state index contributed by atoms with van der Waals surface area (Å²) in [5, 5.41) is -0.240. The second kappa shape index (κ2) is 7.91. The summed E-state index contributed by atoms with van der Waals surface area (Å²) < 4.78 is 35.8. The van der Waals surface area contributed by atoms with Gasteiger partial charge in [-0.15, -0.1) is 0 Å². The molecule has 1 aliphatic carbocycles. The SMILES string of the molecule is CCOC1=CC(=Cc2c(N)n3c(S(=O)(=O)CC(C)C)nsc3nc2=O)C=CC1=O. The van der Waals surface area contributed by atoms with E-state index in [9.17, 15) is 18.0 Å². The minimum Gasteiger partial charge on any atom is -0.490 e. The van der Waals surface area contributed by atoms with Crippen LogP contribution in [0, 0.1) is 5.92 Å². The van der Waals surface area contributed by atoms with Crippen LogP contribution in [-0.2, 0) is 19.4 Å². The Morgan fingerprint density at radius 2 is 2.03 bits per heavy atom. The fraction of sp³-hybridized carbons (Fsp3) is 0.333. The van der Waals surface area contributed by atoms with E-state index < -0.39 is 15.4 Å². The van der Waals surface area contributed by atoms with Crippen molar-refractivity contribution in [2.45, 2.75) is 25.9 Å². The topological polar surface area (TPSA) is 134 Å². The van der Waals surface area contributed by atoms with Gasteiger partial charge in [0.25, 0.3) is 5.56 Å². The van der Waals surface area contributed by atoms with Crippen molar-refractivity contribution in [1.29, 1.82) is 0 Å². The predicted molar refractivity (Wildman–Crippen MR) is 110 cm³/mol. The van der Waals surface area contributed by atoms with E-state index in [1.165, 1.54) is 28.7 Å². The maximum Gasteiger partial charge on any atom is 0.283 e. The van der Waals surface area contributed by atoms with Crippen LogP contribution >= 0.6 is 11.5 Å². The Morgan fingerprint density at radius 3 is 2.69 bits per heavy atom. The van der Waals surface area contributed by atoms with Crippen molar-refractivity contribution in [3.8, 4) is 0 Å². The molecule has 0 saturated carbocycles. The highest BCUT2D eigenvalue weighted by Crippen LogP contribution is 2.24. The molecule has 0 bridgehead atoms. The number of nitrogens with two attached hydrogens (primary N) is 1. The Balaban J connectivity index is 2.18. The van der Waals surface area contributed by atoms with Crippen molar-refractivity contribution in [3.05, 3.63) is 45.5 Å². The highest BCUT2D eigenvalue weighted by molar-refractivity contribution is 7.91. The quantitative estimate of drug-likeness (QED) is 0.722. The number of fused-ring (bicyclic) bond motifs is 1. The van der Waals surface area contributed by atoms with Gasteiger partial charge in [0.2, 0.25) is 25.7 Å². The van der Waals surface area contributed by atoms with E-state index in [0.717, 1.165) is 11.5 Å². The molecule has 0 radical (unpaired) electrons. The number of carbonyl (C=O) groups is 1. The smallest absolute Gasteiger partial charge is 0.283 e. The minimum atomic E-state index is -3.72. The van der Waals surface area contributed by atoms with Crippen LogP contribution < -0.4 is 11.3 Å². The van der Waals surface area contributed by atoms with Gasteiger partial charge in [0.05, 0.1) is 17.9 Å². The van der Waals surface area contributed by atoms with Gasteiger partial charge in [-0.3, -0.25) is 9.59 Å². The second-order valence-corrected chi connectivity index (χ2v) is 9.42. The summed E-state index contributed by atoms with van der Waals surface area (Å²) in [5.74, 6) is -0.448. The van der Waals surface area contributed by atoms with E-state index >= 15 is 0 Å². The van der Waals surface area contributed by atoms with Crippen LogP contribution in [0.2, 0.25) is 0 Å². The Bertz CT molecular complexity index is 1230. The van der Waals surface area contributed by atoms with Crippen LogP contribution in [0.4, 0.5) is 5.82 Å². The Morgan fingerprint density at radius 1 is 1.31 bits per heavy atom. The summed E-state index contributed by atoms with van der Waals surface area (Å²) in [6.45, 7) is 5.63. The first-order valence-corrected chi connectivity index (χ1v) is 11.3. The second-order valence-electron chi connectivity index (χ2n) is 6.76. The number of nitrogens with zero attached hydrogens (tertiary/aromatic N) is 3. The molecule has 2 aromatic heterocycles. The zero-order valence-electron chi connectivity index (χ0n) is 16.1. The summed E-state index contributed by atoms with van der Waals surface area (Å²) in [6, 6.07) is 0. The van der Waals surface area contributed by atoms with Gasteiger partial charge in [0.1, 0.15) is 5.82 Å². The van der Waals surface area contributed by atoms with Gasteiger partial charge in [-0.05, 0) is 36.6 Å². The van der Waals surface area contributed by atoms with Gasteiger partial charge in [0.15, 0.2) is 5.76 Å². The summed E-state index contributed by atoms with van der Waals surface area (Å²) in [7, 11) is -3.72. The molecular weight excluding hydrogens is 416 g/mol. The van der Waals surface area contributed by atoms with Crippen LogP contribution in [0.1, 0.15) is 26.3 Å². The molecule has 11 heteroatoms. The molecule has 2 aromatic rings. The number of sulfone groups is 1. The third-order valence-electron chi connectivity index (χ3n) is 3.94. The van der Waals surface area contributed by atoms with Gasteiger partial charge in [-0.25, -0.2) is 12.8 Å². The average molecular weight is 437 g/mol. The van der Waals surface area contributed by atoms with Crippen LogP contribution in [0.25, 0.3) is 11.0 Å². The molecule has 0 aromatic carbocycles. The highest BCUT2D eigenvalue weighted by Gasteiger charge is 2.26. The normalized spacial score (nSPS) is 16.1. The van der Waals surface area contributed by atoms with Gasteiger partial charge < -0.3 is 10.5 Å². The monoisotopic (exact) mass is 436 g/mol. The summed E-state index contributed by atoms with van der Waals surface area (Å²) in [6.07, 6.45) is 5.76. The number of hydrogen-bond acceptors (Lipinski definition) is 9. The Labute approximate surface area is 171 Å². The highest BCUT2D eigenvalue weighted by atomic mass is 32.2. The number of aromatic nitrogens is 3. The van der Waals surface area contributed by atoms with Crippen molar-refractivity contribution >= 4 is 44.0 Å². The molecule has 154 valence electrons. The lowest BCUT2D eigenvalue weighted by Crippen LogP contribution is -2.20. The van der Waals surface area contributed by atoms with Crippen LogP contribution in [0.5, 0.6) is 0 Å². The predicted octanol–water partition coefficient (Wildman–Crippen LogP) is 1.61. The van der Waals surface area contributed by atoms with Crippen LogP contribution in [0.15, 0.2) is 39.5 Å². The summed E-state index contributed by atoms with van der Waals surface area (Å²) in [5.41, 5.74) is 6.04. The van der Waals surface area contributed by atoms with E-state index in [0.29, 0.717) is 12.2 Å². The number of rotatable bonds is 6.